The minimum absolute atomic E-state index is 0.0413. The van der Waals surface area contributed by atoms with Gasteiger partial charge in [0.2, 0.25) is 0 Å². The molecule has 0 saturated heterocycles. The Bertz CT molecular complexity index is 841. The van der Waals surface area contributed by atoms with Gasteiger partial charge in [0.25, 0.3) is 0 Å². The van der Waals surface area contributed by atoms with Gasteiger partial charge < -0.3 is 14.7 Å². The first-order valence-electron chi connectivity index (χ1n) is 7.31. The van der Waals surface area contributed by atoms with Crippen molar-refractivity contribution in [2.45, 2.75) is 6.92 Å². The molecule has 24 heavy (non-hydrogen) atoms. The molecule has 1 N–H and O–H groups in total. The van der Waals surface area contributed by atoms with E-state index in [1.54, 1.807) is 42.5 Å². The number of aromatic hydroxyl groups is 1. The molecule has 2 aromatic carbocycles. The van der Waals surface area contributed by atoms with Gasteiger partial charge in [0.15, 0.2) is 11.5 Å². The number of nitrogens with zero attached hydrogens (tertiary/aromatic N) is 1. The third-order valence-electron chi connectivity index (χ3n) is 3.41. The fraction of sp³-hybridized carbons (Fsp3) is 0.111. The first-order chi connectivity index (χ1) is 11.6. The summed E-state index contributed by atoms with van der Waals surface area (Å²) in [6, 6.07) is 11.8. The van der Waals surface area contributed by atoms with E-state index in [2.05, 4.69) is 5.16 Å². The summed E-state index contributed by atoms with van der Waals surface area (Å²) in [5.74, 6) is -0.145. The van der Waals surface area contributed by atoms with Gasteiger partial charge in [0, 0.05) is 10.6 Å². The molecule has 0 bridgehead atoms. The number of carbonyl (C=O) groups excluding carboxylic acids is 1. The monoisotopic (exact) mass is 343 g/mol. The van der Waals surface area contributed by atoms with Gasteiger partial charge in [-0.25, -0.2) is 4.79 Å². The highest BCUT2D eigenvalue weighted by Gasteiger charge is 2.26. The van der Waals surface area contributed by atoms with Gasteiger partial charge in [-0.15, -0.1) is 0 Å². The van der Waals surface area contributed by atoms with E-state index in [1.807, 2.05) is 6.92 Å². The molecule has 1 heterocycles. The molecular formula is C18H14ClNO4. The SMILES string of the molecule is CCOc1cc(C=C2C(=O)ON=C2c2ccc(Cl)cc2)ccc1O. The van der Waals surface area contributed by atoms with E-state index in [9.17, 15) is 9.90 Å². The number of ether oxygens (including phenoxy) is 1. The van der Waals surface area contributed by atoms with Crippen LogP contribution in [0.5, 0.6) is 11.5 Å². The van der Waals surface area contributed by atoms with Gasteiger partial charge >= 0.3 is 5.97 Å². The van der Waals surface area contributed by atoms with Crippen molar-refractivity contribution in [3.05, 3.63) is 64.2 Å². The maximum absolute atomic E-state index is 12.0. The molecule has 0 unspecified atom stereocenters. The number of rotatable bonds is 4. The Labute approximate surface area is 143 Å². The Balaban J connectivity index is 1.98. The zero-order chi connectivity index (χ0) is 17.1. The van der Waals surface area contributed by atoms with Gasteiger partial charge in [-0.3, -0.25) is 0 Å². The van der Waals surface area contributed by atoms with Crippen LogP contribution in [0.1, 0.15) is 18.1 Å². The van der Waals surface area contributed by atoms with Gasteiger partial charge in [-0.1, -0.05) is 35.0 Å². The molecule has 0 atom stereocenters. The summed E-state index contributed by atoms with van der Waals surface area (Å²) in [7, 11) is 0. The van der Waals surface area contributed by atoms with Crippen molar-refractivity contribution in [3.63, 3.8) is 0 Å². The van der Waals surface area contributed by atoms with Crippen LogP contribution in [0.3, 0.4) is 0 Å². The Morgan fingerprint density at radius 2 is 2.00 bits per heavy atom. The fourth-order valence-electron chi connectivity index (χ4n) is 2.28. The lowest BCUT2D eigenvalue weighted by Crippen LogP contribution is -2.06. The Morgan fingerprint density at radius 3 is 2.71 bits per heavy atom. The molecule has 1 aliphatic heterocycles. The maximum Gasteiger partial charge on any atom is 0.368 e. The summed E-state index contributed by atoms with van der Waals surface area (Å²) in [4.78, 5) is 16.8. The number of phenolic OH excluding ortho intramolecular Hbond substituents is 1. The smallest absolute Gasteiger partial charge is 0.368 e. The number of carbonyl (C=O) groups is 1. The third-order valence-corrected chi connectivity index (χ3v) is 3.66. The summed E-state index contributed by atoms with van der Waals surface area (Å²) < 4.78 is 5.35. The maximum atomic E-state index is 12.0. The van der Waals surface area contributed by atoms with Crippen LogP contribution in [0.4, 0.5) is 0 Å². The number of phenols is 1. The van der Waals surface area contributed by atoms with E-state index < -0.39 is 5.97 Å². The first kappa shape index (κ1) is 16.1. The Hall–Kier alpha value is -2.79. The first-order valence-corrected chi connectivity index (χ1v) is 7.69. The second-order valence-corrected chi connectivity index (χ2v) is 5.48. The van der Waals surface area contributed by atoms with Crippen molar-refractivity contribution in [2.24, 2.45) is 5.16 Å². The van der Waals surface area contributed by atoms with Crippen molar-refractivity contribution in [2.75, 3.05) is 6.61 Å². The molecule has 0 spiro atoms. The van der Waals surface area contributed by atoms with Gasteiger partial charge in [0.05, 0.1) is 12.2 Å². The summed E-state index contributed by atoms with van der Waals surface area (Å²) in [6.07, 6.45) is 1.64. The van der Waals surface area contributed by atoms with Crippen LogP contribution in [-0.2, 0) is 9.63 Å². The van der Waals surface area contributed by atoms with Crippen molar-refractivity contribution < 1.29 is 19.5 Å². The molecule has 0 amide bonds. The molecule has 3 rings (SSSR count). The normalized spacial score (nSPS) is 15.3. The molecular weight excluding hydrogens is 330 g/mol. The molecule has 0 fully saturated rings. The van der Waals surface area contributed by atoms with Gasteiger partial charge in [0.1, 0.15) is 5.71 Å². The molecule has 0 aromatic heterocycles. The highest BCUT2D eigenvalue weighted by molar-refractivity contribution is 6.32. The second kappa shape index (κ2) is 6.76. The van der Waals surface area contributed by atoms with Gasteiger partial charge in [-0.2, -0.15) is 0 Å². The van der Waals surface area contributed by atoms with E-state index in [0.717, 1.165) is 5.56 Å². The lowest BCUT2D eigenvalue weighted by molar-refractivity contribution is -0.136. The quantitative estimate of drug-likeness (QED) is 0.677. The predicted molar refractivity (Wildman–Crippen MR) is 91.3 cm³/mol. The molecule has 0 radical (unpaired) electrons. The van der Waals surface area contributed by atoms with Gasteiger partial charge in [-0.05, 0) is 42.8 Å². The highest BCUT2D eigenvalue weighted by Crippen LogP contribution is 2.29. The fourth-order valence-corrected chi connectivity index (χ4v) is 2.41. The highest BCUT2D eigenvalue weighted by atomic mass is 35.5. The Morgan fingerprint density at radius 1 is 1.25 bits per heavy atom. The van der Waals surface area contributed by atoms with Crippen LogP contribution in [0, 0.1) is 0 Å². The summed E-state index contributed by atoms with van der Waals surface area (Å²) in [6.45, 7) is 2.25. The minimum Gasteiger partial charge on any atom is -0.504 e. The van der Waals surface area contributed by atoms with E-state index in [0.29, 0.717) is 34.2 Å². The van der Waals surface area contributed by atoms with E-state index >= 15 is 0 Å². The lowest BCUT2D eigenvalue weighted by atomic mass is 10.0. The van der Waals surface area contributed by atoms with E-state index in [1.165, 1.54) is 6.07 Å². The number of benzene rings is 2. The zero-order valence-corrected chi connectivity index (χ0v) is 13.6. The molecule has 1 aliphatic rings. The van der Waals surface area contributed by atoms with E-state index in [4.69, 9.17) is 21.2 Å². The number of halogens is 1. The number of oxime groups is 1. The second-order valence-electron chi connectivity index (χ2n) is 5.04. The van der Waals surface area contributed by atoms with Crippen molar-refractivity contribution in [3.8, 4) is 11.5 Å². The van der Waals surface area contributed by atoms with Crippen LogP contribution < -0.4 is 4.74 Å². The predicted octanol–water partition coefficient (Wildman–Crippen LogP) is 3.79. The summed E-state index contributed by atoms with van der Waals surface area (Å²) in [5.41, 5.74) is 2.17. The molecule has 0 saturated carbocycles. The van der Waals surface area contributed by atoms with Crippen LogP contribution in [0.15, 0.2) is 53.2 Å². The largest absolute Gasteiger partial charge is 0.504 e. The topological polar surface area (TPSA) is 68.1 Å². The molecule has 122 valence electrons. The van der Waals surface area contributed by atoms with Crippen LogP contribution >= 0.6 is 11.6 Å². The van der Waals surface area contributed by atoms with E-state index in [-0.39, 0.29) is 5.75 Å². The van der Waals surface area contributed by atoms with Crippen molar-refractivity contribution >= 4 is 29.4 Å². The zero-order valence-electron chi connectivity index (χ0n) is 12.8. The molecule has 2 aromatic rings. The summed E-state index contributed by atoms with van der Waals surface area (Å²) in [5, 5.41) is 14.2. The average Bonchev–Trinajstić information content (AvgIpc) is 2.93. The molecule has 6 heteroatoms. The lowest BCUT2D eigenvalue weighted by Gasteiger charge is -2.07. The Kier molecular flexibility index (Phi) is 4.53. The van der Waals surface area contributed by atoms with Crippen LogP contribution in [-0.4, -0.2) is 23.4 Å². The third kappa shape index (κ3) is 3.26. The van der Waals surface area contributed by atoms with Crippen molar-refractivity contribution in [1.82, 2.24) is 0 Å². The van der Waals surface area contributed by atoms with Crippen LogP contribution in [0.25, 0.3) is 6.08 Å². The molecule has 0 aliphatic carbocycles. The number of hydrogen-bond acceptors (Lipinski definition) is 5. The van der Waals surface area contributed by atoms with Crippen LogP contribution in [0.2, 0.25) is 5.02 Å². The van der Waals surface area contributed by atoms with Crippen molar-refractivity contribution in [1.29, 1.82) is 0 Å². The molecule has 5 nitrogen and oxygen atoms in total. The minimum atomic E-state index is -0.536. The summed E-state index contributed by atoms with van der Waals surface area (Å²) >= 11 is 5.88. The number of hydrogen-bond donors (Lipinski definition) is 1. The average molecular weight is 344 g/mol. The standard InChI is InChI=1S/C18H14ClNO4/c1-2-23-16-10-11(3-8-15(16)21)9-14-17(20-24-18(14)22)12-4-6-13(19)7-5-12/h3-10,21H,2H2,1H3.